The third kappa shape index (κ3) is 6.05. The summed E-state index contributed by atoms with van der Waals surface area (Å²) in [5.41, 5.74) is 4.88. The Bertz CT molecular complexity index is 1400. The van der Waals surface area contributed by atoms with Crippen molar-refractivity contribution in [3.05, 3.63) is 119 Å². The van der Waals surface area contributed by atoms with Gasteiger partial charge < -0.3 is 19.3 Å². The first-order valence-corrected chi connectivity index (χ1v) is 14.1. The van der Waals surface area contributed by atoms with Gasteiger partial charge >= 0.3 is 5.97 Å². The molecule has 0 radical (unpaired) electrons. The smallest absolute Gasteiger partial charge is 0.333 e. The maximum atomic E-state index is 13.1. The fourth-order valence-corrected chi connectivity index (χ4v) is 6.19. The van der Waals surface area contributed by atoms with Crippen molar-refractivity contribution < 1.29 is 19.2 Å². The average molecular weight is 546 g/mol. The highest BCUT2D eigenvalue weighted by molar-refractivity contribution is 7.92. The van der Waals surface area contributed by atoms with Gasteiger partial charge in [0.2, 0.25) is 0 Å². The molecule has 7 heteroatoms. The SMILES string of the molecule is O=C(O)C(Cc1ccc(CCCN2c3ccccc3[S+]([O-])c3ccc(Cl)cc32)cc1)OCc1ccccc1. The number of para-hydroxylation sites is 1. The van der Waals surface area contributed by atoms with Crippen molar-refractivity contribution in [2.75, 3.05) is 11.4 Å². The van der Waals surface area contributed by atoms with E-state index < -0.39 is 23.2 Å². The van der Waals surface area contributed by atoms with E-state index >= 15 is 0 Å². The topological polar surface area (TPSA) is 72.8 Å². The van der Waals surface area contributed by atoms with Crippen molar-refractivity contribution in [2.45, 2.75) is 41.8 Å². The molecule has 2 unspecified atom stereocenters. The predicted molar refractivity (Wildman–Crippen MR) is 151 cm³/mol. The van der Waals surface area contributed by atoms with Gasteiger partial charge in [-0.15, -0.1) is 0 Å². The molecule has 0 saturated heterocycles. The van der Waals surface area contributed by atoms with Crippen LogP contribution in [0.2, 0.25) is 5.02 Å². The van der Waals surface area contributed by atoms with Crippen LogP contribution in [0.1, 0.15) is 23.1 Å². The van der Waals surface area contributed by atoms with Gasteiger partial charge in [-0.25, -0.2) is 4.79 Å². The van der Waals surface area contributed by atoms with Gasteiger partial charge in [0.15, 0.2) is 15.9 Å². The number of nitrogens with zero attached hydrogens (tertiary/aromatic N) is 1. The molecule has 0 spiro atoms. The van der Waals surface area contributed by atoms with Gasteiger partial charge in [0.25, 0.3) is 0 Å². The molecule has 1 heterocycles. The largest absolute Gasteiger partial charge is 0.606 e. The molecular formula is C31H28ClNO4S. The third-order valence-electron chi connectivity index (χ3n) is 6.63. The average Bonchev–Trinajstić information content (AvgIpc) is 2.94. The first-order chi connectivity index (χ1) is 18.5. The van der Waals surface area contributed by atoms with Crippen molar-refractivity contribution >= 4 is 40.1 Å². The summed E-state index contributed by atoms with van der Waals surface area (Å²) < 4.78 is 18.8. The van der Waals surface area contributed by atoms with Crippen LogP contribution in [0.25, 0.3) is 0 Å². The first kappa shape index (κ1) is 26.3. The summed E-state index contributed by atoms with van der Waals surface area (Å²) >= 11 is 5.06. The van der Waals surface area contributed by atoms with E-state index in [-0.39, 0.29) is 6.61 Å². The van der Waals surface area contributed by atoms with Crippen LogP contribution in [0.5, 0.6) is 0 Å². The van der Waals surface area contributed by atoms with E-state index in [1.54, 1.807) is 6.07 Å². The lowest BCUT2D eigenvalue weighted by Crippen LogP contribution is -2.27. The molecule has 0 amide bonds. The van der Waals surface area contributed by atoms with Crippen molar-refractivity contribution in [3.63, 3.8) is 0 Å². The number of rotatable bonds is 10. The molecule has 5 rings (SSSR count). The number of hydrogen-bond donors (Lipinski definition) is 1. The number of hydrogen-bond acceptors (Lipinski definition) is 4. The summed E-state index contributed by atoms with van der Waals surface area (Å²) in [6, 6.07) is 31.0. The molecule has 0 aliphatic carbocycles. The summed E-state index contributed by atoms with van der Waals surface area (Å²) in [5.74, 6) is -0.965. The quantitative estimate of drug-likeness (QED) is 0.222. The Labute approximate surface area is 230 Å². The molecule has 4 aromatic carbocycles. The molecule has 2 atom stereocenters. The Morgan fingerprint density at radius 1 is 0.868 bits per heavy atom. The van der Waals surface area contributed by atoms with Crippen LogP contribution in [0.15, 0.2) is 107 Å². The number of carboxylic acid groups (broad SMARTS) is 1. The number of aliphatic carboxylic acids is 1. The van der Waals surface area contributed by atoms with Gasteiger partial charge in [-0.3, -0.25) is 0 Å². The van der Waals surface area contributed by atoms with Crippen molar-refractivity contribution in [2.24, 2.45) is 0 Å². The second-order valence-electron chi connectivity index (χ2n) is 9.25. The zero-order chi connectivity index (χ0) is 26.5. The Balaban J connectivity index is 1.21. The maximum Gasteiger partial charge on any atom is 0.333 e. The molecule has 4 aromatic rings. The van der Waals surface area contributed by atoms with Gasteiger partial charge in [0.05, 0.1) is 18.0 Å². The zero-order valence-corrected chi connectivity index (χ0v) is 22.3. The lowest BCUT2D eigenvalue weighted by atomic mass is 10.0. The lowest BCUT2D eigenvalue weighted by molar-refractivity contribution is -0.151. The number of benzene rings is 4. The number of halogens is 1. The van der Waals surface area contributed by atoms with Crippen LogP contribution < -0.4 is 4.90 Å². The number of ether oxygens (including phenoxy) is 1. The molecule has 0 fully saturated rings. The molecule has 38 heavy (non-hydrogen) atoms. The monoisotopic (exact) mass is 545 g/mol. The summed E-state index contributed by atoms with van der Waals surface area (Å²) in [7, 11) is 0. The summed E-state index contributed by atoms with van der Waals surface area (Å²) in [6.07, 6.45) is 1.13. The number of aryl methyl sites for hydroxylation is 1. The van der Waals surface area contributed by atoms with Gasteiger partial charge in [-0.2, -0.15) is 0 Å². The lowest BCUT2D eigenvalue weighted by Gasteiger charge is -2.33. The van der Waals surface area contributed by atoms with Crippen LogP contribution in [0, 0.1) is 0 Å². The molecule has 1 N–H and O–H groups in total. The van der Waals surface area contributed by atoms with Crippen molar-refractivity contribution in [3.8, 4) is 0 Å². The minimum absolute atomic E-state index is 0.261. The van der Waals surface area contributed by atoms with Crippen molar-refractivity contribution in [1.29, 1.82) is 0 Å². The molecule has 0 aromatic heterocycles. The van der Waals surface area contributed by atoms with Gasteiger partial charge in [-0.05, 0) is 59.9 Å². The van der Waals surface area contributed by atoms with E-state index in [1.165, 1.54) is 5.56 Å². The molecule has 5 nitrogen and oxygen atoms in total. The van der Waals surface area contributed by atoms with Gasteiger partial charge in [0.1, 0.15) is 0 Å². The first-order valence-electron chi connectivity index (χ1n) is 12.5. The Morgan fingerprint density at radius 3 is 2.32 bits per heavy atom. The van der Waals surface area contributed by atoms with E-state index in [4.69, 9.17) is 16.3 Å². The fourth-order valence-electron chi connectivity index (χ4n) is 4.67. The summed E-state index contributed by atoms with van der Waals surface area (Å²) in [5, 5.41) is 10.2. The number of anilines is 2. The van der Waals surface area contributed by atoms with E-state index in [2.05, 4.69) is 17.0 Å². The Morgan fingerprint density at radius 2 is 1.55 bits per heavy atom. The fraction of sp³-hybridized carbons (Fsp3) is 0.194. The molecule has 0 saturated carbocycles. The normalized spacial score (nSPS) is 15.0. The second-order valence-corrected chi connectivity index (χ2v) is 11.1. The Kier molecular flexibility index (Phi) is 8.35. The maximum absolute atomic E-state index is 13.1. The van der Waals surface area contributed by atoms with Gasteiger partial charge in [0, 0.05) is 29.2 Å². The highest BCUT2D eigenvalue weighted by Gasteiger charge is 2.33. The molecule has 1 aliphatic rings. The predicted octanol–water partition coefficient (Wildman–Crippen LogP) is 6.80. The van der Waals surface area contributed by atoms with Crippen LogP contribution in [0.4, 0.5) is 11.4 Å². The minimum Gasteiger partial charge on any atom is -0.606 e. The second kappa shape index (κ2) is 12.0. The standard InChI is InChI=1S/C31H28ClNO4S/c32-25-16-17-30-27(20-25)33(26-10-4-5-11-29(26)38(30)36)18-6-9-22-12-14-23(15-13-22)19-28(31(34)35)37-21-24-7-2-1-3-8-24/h1-5,7-8,10-17,20,28H,6,9,18-19,21H2,(H,34,35). The molecule has 0 bridgehead atoms. The zero-order valence-electron chi connectivity index (χ0n) is 20.8. The molecule has 194 valence electrons. The summed E-state index contributed by atoms with van der Waals surface area (Å²) in [4.78, 5) is 15.5. The number of fused-ring (bicyclic) bond motifs is 2. The highest BCUT2D eigenvalue weighted by Crippen LogP contribution is 2.44. The van der Waals surface area contributed by atoms with Crippen LogP contribution in [0.3, 0.4) is 0 Å². The van der Waals surface area contributed by atoms with Crippen LogP contribution in [-0.4, -0.2) is 28.3 Å². The number of carbonyl (C=O) groups is 1. The Hall–Kier alpha value is -3.29. The van der Waals surface area contributed by atoms with Crippen LogP contribution >= 0.6 is 11.6 Å². The molecule has 1 aliphatic heterocycles. The van der Waals surface area contributed by atoms with Crippen molar-refractivity contribution in [1.82, 2.24) is 0 Å². The van der Waals surface area contributed by atoms with E-state index in [9.17, 15) is 14.5 Å². The third-order valence-corrected chi connectivity index (χ3v) is 8.35. The van der Waals surface area contributed by atoms with E-state index in [0.717, 1.165) is 51.7 Å². The number of carboxylic acids is 1. The summed E-state index contributed by atoms with van der Waals surface area (Å²) in [6.45, 7) is 1.01. The van der Waals surface area contributed by atoms with Gasteiger partial charge in [-0.1, -0.05) is 78.3 Å². The van der Waals surface area contributed by atoms with Crippen LogP contribution in [-0.2, 0) is 40.2 Å². The minimum atomic E-state index is -1.24. The van der Waals surface area contributed by atoms with E-state index in [1.807, 2.05) is 78.9 Å². The highest BCUT2D eigenvalue weighted by atomic mass is 35.5. The van der Waals surface area contributed by atoms with E-state index in [0.29, 0.717) is 11.4 Å². The molecular weight excluding hydrogens is 518 g/mol.